The van der Waals surface area contributed by atoms with Gasteiger partial charge in [0.15, 0.2) is 11.6 Å². The molecule has 2 aliphatic rings. The molecule has 7 nitrogen and oxygen atoms in total. The number of fused-ring (bicyclic) bond motifs is 4. The minimum absolute atomic E-state index is 0.0511. The third-order valence-electron chi connectivity index (χ3n) is 5.52. The van der Waals surface area contributed by atoms with Crippen LogP contribution in [0.2, 0.25) is 10.0 Å². The minimum Gasteiger partial charge on any atom is -0.377 e. The van der Waals surface area contributed by atoms with Gasteiger partial charge in [0, 0.05) is 12.7 Å². The molecule has 1 saturated heterocycles. The summed E-state index contributed by atoms with van der Waals surface area (Å²) < 4.78 is 46.8. The summed E-state index contributed by atoms with van der Waals surface area (Å²) in [6.45, 7) is 0.637. The Labute approximate surface area is 189 Å². The van der Waals surface area contributed by atoms with Crippen LogP contribution < -0.4 is 0 Å². The average molecular weight is 484 g/mol. The van der Waals surface area contributed by atoms with Crippen LogP contribution in [-0.2, 0) is 17.5 Å². The Morgan fingerprint density at radius 1 is 1.16 bits per heavy atom. The summed E-state index contributed by atoms with van der Waals surface area (Å²) in [6, 6.07) is 5.66. The number of benzene rings is 1. The Morgan fingerprint density at radius 2 is 1.97 bits per heavy atom. The number of aromatic nitrogens is 4. The summed E-state index contributed by atoms with van der Waals surface area (Å²) in [5, 5.41) is 8.68. The first kappa shape index (κ1) is 21.2. The second-order valence-corrected chi connectivity index (χ2v) is 8.23. The molecule has 1 amide bonds. The van der Waals surface area contributed by atoms with E-state index in [4.69, 9.17) is 27.9 Å². The molecule has 3 aromatic rings. The van der Waals surface area contributed by atoms with Crippen LogP contribution >= 0.6 is 23.2 Å². The van der Waals surface area contributed by atoms with E-state index in [2.05, 4.69) is 15.2 Å². The van der Waals surface area contributed by atoms with Gasteiger partial charge in [-0.1, -0.05) is 29.3 Å². The molecule has 2 aromatic heterocycles. The smallest absolute Gasteiger partial charge is 0.377 e. The molecule has 1 aromatic carbocycles. The normalized spacial score (nSPS) is 20.2. The first-order valence-corrected chi connectivity index (χ1v) is 10.3. The highest BCUT2D eigenvalue weighted by Crippen LogP contribution is 2.38. The van der Waals surface area contributed by atoms with Crippen molar-refractivity contribution in [3.63, 3.8) is 0 Å². The summed E-state index contributed by atoms with van der Waals surface area (Å²) in [5.41, 5.74) is -0.523. The summed E-state index contributed by atoms with van der Waals surface area (Å²) in [6.07, 6.45) is -3.42. The lowest BCUT2D eigenvalue weighted by molar-refractivity contribution is -0.137. The molecule has 4 heterocycles. The van der Waals surface area contributed by atoms with Gasteiger partial charge in [0.25, 0.3) is 5.91 Å². The van der Waals surface area contributed by atoms with Gasteiger partial charge in [-0.25, -0.2) is 0 Å². The Morgan fingerprint density at radius 3 is 2.75 bits per heavy atom. The molecular weight excluding hydrogens is 470 g/mol. The highest BCUT2D eigenvalue weighted by Gasteiger charge is 2.44. The molecule has 0 aliphatic carbocycles. The number of ether oxygens (including phenoxy) is 1. The number of carbonyl (C=O) groups is 1. The first-order valence-electron chi connectivity index (χ1n) is 9.57. The third kappa shape index (κ3) is 3.42. The lowest BCUT2D eigenvalue weighted by Crippen LogP contribution is -2.56. The number of morpholine rings is 1. The fraction of sp³-hybridized carbons (Fsp3) is 0.300. The maximum absolute atomic E-state index is 13.4. The van der Waals surface area contributed by atoms with Crippen molar-refractivity contribution in [3.8, 4) is 11.5 Å². The van der Waals surface area contributed by atoms with Crippen LogP contribution in [0.4, 0.5) is 13.2 Å². The van der Waals surface area contributed by atoms with Gasteiger partial charge in [0.2, 0.25) is 0 Å². The predicted octanol–water partition coefficient (Wildman–Crippen LogP) is 4.26. The highest BCUT2D eigenvalue weighted by molar-refractivity contribution is 6.43. The topological polar surface area (TPSA) is 73.1 Å². The molecule has 166 valence electrons. The van der Waals surface area contributed by atoms with Crippen molar-refractivity contribution in [2.45, 2.75) is 24.8 Å². The fourth-order valence-corrected chi connectivity index (χ4v) is 4.44. The van der Waals surface area contributed by atoms with Crippen molar-refractivity contribution < 1.29 is 22.7 Å². The Kier molecular flexibility index (Phi) is 5.11. The van der Waals surface area contributed by atoms with Gasteiger partial charge in [0.05, 0.1) is 40.4 Å². The van der Waals surface area contributed by atoms with Gasteiger partial charge in [-0.3, -0.25) is 9.78 Å². The van der Waals surface area contributed by atoms with Crippen LogP contribution in [0.1, 0.15) is 27.8 Å². The number of carbonyl (C=O) groups excluding carboxylic acids is 1. The minimum atomic E-state index is -4.51. The van der Waals surface area contributed by atoms with Crippen molar-refractivity contribution >= 4 is 29.1 Å². The SMILES string of the molecule is O=C(c1cccc(Cl)c1Cl)N1C2COCC1c1nnc(-c3cc(C(F)(F)F)ccn3)n1C2. The number of alkyl halides is 3. The quantitative estimate of drug-likeness (QED) is 0.544. The Hall–Kier alpha value is -2.69. The standard InChI is InChI=1S/C20H14Cl2F3N5O2/c21-13-3-1-2-12(16(13)22)19(31)30-11-7-29-17(27-28-18(29)15(30)9-32-8-11)14-6-10(4-5-26-14)20(23,24)25/h1-6,11,15H,7-9H2. The lowest BCUT2D eigenvalue weighted by atomic mass is 10.0. The third-order valence-corrected chi connectivity index (χ3v) is 6.34. The molecule has 2 bridgehead atoms. The number of hydrogen-bond acceptors (Lipinski definition) is 5. The molecule has 0 spiro atoms. The number of halogens is 5. The summed E-state index contributed by atoms with van der Waals surface area (Å²) in [7, 11) is 0. The summed E-state index contributed by atoms with van der Waals surface area (Å²) in [4.78, 5) is 19.0. The Bertz CT molecular complexity index is 1220. The Balaban J connectivity index is 1.54. The monoisotopic (exact) mass is 483 g/mol. The average Bonchev–Trinajstić information content (AvgIpc) is 3.18. The fourth-order valence-electron chi connectivity index (χ4n) is 4.06. The maximum Gasteiger partial charge on any atom is 0.416 e. The molecule has 2 unspecified atom stereocenters. The van der Waals surface area contributed by atoms with Crippen LogP contribution in [0.3, 0.4) is 0 Å². The van der Waals surface area contributed by atoms with E-state index in [-0.39, 0.29) is 52.8 Å². The lowest BCUT2D eigenvalue weighted by Gasteiger charge is -2.45. The molecule has 12 heteroatoms. The summed E-state index contributed by atoms with van der Waals surface area (Å²) >= 11 is 12.3. The van der Waals surface area contributed by atoms with E-state index in [0.29, 0.717) is 5.82 Å². The van der Waals surface area contributed by atoms with E-state index >= 15 is 0 Å². The molecular formula is C20H14Cl2F3N5O2. The van der Waals surface area contributed by atoms with Gasteiger partial charge >= 0.3 is 6.18 Å². The van der Waals surface area contributed by atoms with Crippen LogP contribution in [-0.4, -0.2) is 49.8 Å². The van der Waals surface area contributed by atoms with Gasteiger partial charge in [-0.15, -0.1) is 10.2 Å². The van der Waals surface area contributed by atoms with E-state index in [1.807, 2.05) is 0 Å². The van der Waals surface area contributed by atoms with E-state index in [1.54, 1.807) is 27.7 Å². The zero-order valence-corrected chi connectivity index (χ0v) is 17.7. The molecule has 32 heavy (non-hydrogen) atoms. The van der Waals surface area contributed by atoms with Crippen molar-refractivity contribution in [2.24, 2.45) is 0 Å². The van der Waals surface area contributed by atoms with Crippen LogP contribution in [0, 0.1) is 0 Å². The number of amides is 1. The van der Waals surface area contributed by atoms with E-state index < -0.39 is 23.8 Å². The largest absolute Gasteiger partial charge is 0.416 e. The van der Waals surface area contributed by atoms with E-state index in [1.165, 1.54) is 0 Å². The molecule has 2 aliphatic heterocycles. The van der Waals surface area contributed by atoms with Gasteiger partial charge in [-0.05, 0) is 24.3 Å². The zero-order valence-electron chi connectivity index (χ0n) is 16.2. The van der Waals surface area contributed by atoms with Crippen molar-refractivity contribution in [2.75, 3.05) is 13.2 Å². The number of hydrogen-bond donors (Lipinski definition) is 0. The maximum atomic E-state index is 13.4. The van der Waals surface area contributed by atoms with E-state index in [0.717, 1.165) is 18.3 Å². The molecule has 5 rings (SSSR count). The molecule has 0 N–H and O–H groups in total. The molecule has 2 atom stereocenters. The van der Waals surface area contributed by atoms with Gasteiger partial charge in [0.1, 0.15) is 11.7 Å². The molecule has 0 saturated carbocycles. The van der Waals surface area contributed by atoms with Crippen molar-refractivity contribution in [1.82, 2.24) is 24.6 Å². The van der Waals surface area contributed by atoms with Gasteiger partial charge in [-0.2, -0.15) is 13.2 Å². The second-order valence-electron chi connectivity index (χ2n) is 7.44. The molecule has 0 radical (unpaired) electrons. The van der Waals surface area contributed by atoms with Crippen LogP contribution in [0.15, 0.2) is 36.5 Å². The number of rotatable bonds is 2. The zero-order chi connectivity index (χ0) is 22.6. The highest BCUT2D eigenvalue weighted by atomic mass is 35.5. The number of nitrogens with zero attached hydrogens (tertiary/aromatic N) is 5. The first-order chi connectivity index (χ1) is 15.3. The van der Waals surface area contributed by atoms with Crippen LogP contribution in [0.5, 0.6) is 0 Å². The second kappa shape index (κ2) is 7.72. The molecule has 1 fully saturated rings. The number of pyridine rings is 1. The summed E-state index contributed by atoms with van der Waals surface area (Å²) in [5.74, 6) is 0.279. The van der Waals surface area contributed by atoms with Crippen LogP contribution in [0.25, 0.3) is 11.5 Å². The predicted molar refractivity (Wildman–Crippen MR) is 108 cm³/mol. The van der Waals surface area contributed by atoms with E-state index in [9.17, 15) is 18.0 Å². The van der Waals surface area contributed by atoms with Crippen molar-refractivity contribution in [3.05, 3.63) is 63.5 Å². The van der Waals surface area contributed by atoms with Crippen molar-refractivity contribution in [1.29, 1.82) is 0 Å². The van der Waals surface area contributed by atoms with Gasteiger partial charge < -0.3 is 14.2 Å².